The van der Waals surface area contributed by atoms with Crippen molar-refractivity contribution < 1.29 is 14.3 Å². The van der Waals surface area contributed by atoms with Crippen molar-refractivity contribution in [3.63, 3.8) is 0 Å². The highest BCUT2D eigenvalue weighted by Crippen LogP contribution is 2.29. The summed E-state index contributed by atoms with van der Waals surface area (Å²) in [4.78, 5) is 19.7. The summed E-state index contributed by atoms with van der Waals surface area (Å²) in [5.74, 6) is -1.26. The van der Waals surface area contributed by atoms with E-state index in [0.717, 1.165) is 5.69 Å². The molecule has 24 heavy (non-hydrogen) atoms. The summed E-state index contributed by atoms with van der Waals surface area (Å²) in [6.07, 6.45) is 3.21. The lowest BCUT2D eigenvalue weighted by atomic mass is 10.1. The fourth-order valence-electron chi connectivity index (χ4n) is 3.01. The van der Waals surface area contributed by atoms with E-state index in [9.17, 15) is 14.3 Å². The van der Waals surface area contributed by atoms with Crippen LogP contribution in [0.3, 0.4) is 0 Å². The van der Waals surface area contributed by atoms with E-state index in [-0.39, 0.29) is 5.82 Å². The van der Waals surface area contributed by atoms with Crippen molar-refractivity contribution in [2.24, 2.45) is 0 Å². The Bertz CT molecular complexity index is 721. The predicted molar refractivity (Wildman–Crippen MR) is 89.8 cm³/mol. The van der Waals surface area contributed by atoms with Gasteiger partial charge in [0.05, 0.1) is 10.7 Å². The van der Waals surface area contributed by atoms with Crippen molar-refractivity contribution in [1.29, 1.82) is 0 Å². The zero-order chi connectivity index (χ0) is 17.1. The first-order valence-corrected chi connectivity index (χ1v) is 8.01. The molecule has 1 unspecified atom stereocenters. The summed E-state index contributed by atoms with van der Waals surface area (Å²) >= 11 is 6.11. The molecule has 1 aliphatic rings. The topological polar surface area (TPSA) is 56.7 Å². The van der Waals surface area contributed by atoms with Crippen LogP contribution in [0.1, 0.15) is 11.6 Å². The van der Waals surface area contributed by atoms with Crippen LogP contribution in [-0.4, -0.2) is 47.1 Å². The largest absolute Gasteiger partial charge is 0.480 e. The van der Waals surface area contributed by atoms with E-state index in [1.165, 1.54) is 12.1 Å². The van der Waals surface area contributed by atoms with Gasteiger partial charge in [0.2, 0.25) is 0 Å². The molecule has 3 rings (SSSR count). The third-order valence-electron chi connectivity index (χ3n) is 4.16. The molecule has 0 spiro atoms. The van der Waals surface area contributed by atoms with E-state index in [0.29, 0.717) is 36.8 Å². The van der Waals surface area contributed by atoms with E-state index in [2.05, 4.69) is 4.98 Å². The van der Waals surface area contributed by atoms with Crippen LogP contribution in [0.5, 0.6) is 0 Å². The number of hydrogen-bond acceptors (Lipinski definition) is 4. The molecule has 5 nitrogen and oxygen atoms in total. The van der Waals surface area contributed by atoms with Gasteiger partial charge >= 0.3 is 5.97 Å². The first kappa shape index (κ1) is 16.7. The van der Waals surface area contributed by atoms with Gasteiger partial charge in [-0.05, 0) is 29.8 Å². The second-order valence-electron chi connectivity index (χ2n) is 5.65. The van der Waals surface area contributed by atoms with E-state index in [1.54, 1.807) is 30.6 Å². The maximum atomic E-state index is 13.2. The first-order chi connectivity index (χ1) is 11.6. The fourth-order valence-corrected chi connectivity index (χ4v) is 3.29. The van der Waals surface area contributed by atoms with E-state index in [4.69, 9.17) is 11.6 Å². The lowest BCUT2D eigenvalue weighted by Gasteiger charge is -2.39. The number of hydrogen-bond donors (Lipinski definition) is 1. The number of halogens is 2. The molecule has 126 valence electrons. The van der Waals surface area contributed by atoms with Gasteiger partial charge < -0.3 is 10.0 Å². The molecular formula is C17H17ClFN3O2. The lowest BCUT2D eigenvalue weighted by Crippen LogP contribution is -2.49. The number of rotatable bonds is 4. The van der Waals surface area contributed by atoms with Crippen molar-refractivity contribution in [1.82, 2.24) is 9.88 Å². The maximum Gasteiger partial charge on any atom is 0.325 e. The molecule has 1 atom stereocenters. The summed E-state index contributed by atoms with van der Waals surface area (Å²) < 4.78 is 13.2. The summed E-state index contributed by atoms with van der Waals surface area (Å²) in [5.41, 5.74) is 1.43. The molecule has 7 heteroatoms. The van der Waals surface area contributed by atoms with Gasteiger partial charge in [-0.3, -0.25) is 14.7 Å². The molecule has 2 aromatic rings. The molecule has 1 fully saturated rings. The Hall–Kier alpha value is -2.18. The number of carboxylic acids is 1. The Morgan fingerprint density at radius 3 is 2.58 bits per heavy atom. The van der Waals surface area contributed by atoms with Gasteiger partial charge in [0.25, 0.3) is 0 Å². The Kier molecular flexibility index (Phi) is 4.97. The van der Waals surface area contributed by atoms with Crippen molar-refractivity contribution in [3.8, 4) is 0 Å². The van der Waals surface area contributed by atoms with Crippen LogP contribution in [0.25, 0.3) is 0 Å². The Morgan fingerprint density at radius 2 is 2.00 bits per heavy atom. The van der Waals surface area contributed by atoms with Crippen molar-refractivity contribution in [3.05, 3.63) is 59.1 Å². The van der Waals surface area contributed by atoms with Crippen LogP contribution < -0.4 is 4.90 Å². The summed E-state index contributed by atoms with van der Waals surface area (Å²) in [7, 11) is 0. The second kappa shape index (κ2) is 7.15. The highest BCUT2D eigenvalue weighted by atomic mass is 35.5. The second-order valence-corrected chi connectivity index (χ2v) is 6.05. The van der Waals surface area contributed by atoms with Crippen LogP contribution in [0, 0.1) is 5.82 Å². The molecule has 1 saturated heterocycles. The van der Waals surface area contributed by atoms with E-state index in [1.807, 2.05) is 9.80 Å². The minimum atomic E-state index is -0.892. The molecule has 1 N–H and O–H groups in total. The Morgan fingerprint density at radius 1 is 1.25 bits per heavy atom. The van der Waals surface area contributed by atoms with Crippen LogP contribution in [-0.2, 0) is 4.79 Å². The number of pyridine rings is 1. The monoisotopic (exact) mass is 349 g/mol. The third kappa shape index (κ3) is 3.49. The normalized spacial score (nSPS) is 16.8. The fraction of sp³-hybridized carbons (Fsp3) is 0.294. The molecule has 0 aliphatic carbocycles. The van der Waals surface area contributed by atoms with E-state index < -0.39 is 12.0 Å². The van der Waals surface area contributed by atoms with Gasteiger partial charge in [-0.1, -0.05) is 17.7 Å². The minimum Gasteiger partial charge on any atom is -0.480 e. The number of aromatic nitrogens is 1. The van der Waals surface area contributed by atoms with Gasteiger partial charge in [-0.2, -0.15) is 0 Å². The van der Waals surface area contributed by atoms with Crippen LogP contribution in [0.2, 0.25) is 5.02 Å². The zero-order valence-electron chi connectivity index (χ0n) is 12.9. The predicted octanol–water partition coefficient (Wildman–Crippen LogP) is 2.82. The van der Waals surface area contributed by atoms with Crippen molar-refractivity contribution >= 4 is 23.3 Å². The first-order valence-electron chi connectivity index (χ1n) is 7.63. The van der Waals surface area contributed by atoms with Gasteiger partial charge in [0, 0.05) is 38.6 Å². The maximum absolute atomic E-state index is 13.2. The van der Waals surface area contributed by atoms with Gasteiger partial charge in [0.1, 0.15) is 11.9 Å². The average Bonchev–Trinajstić information content (AvgIpc) is 2.57. The third-order valence-corrected chi connectivity index (χ3v) is 4.47. The molecule has 0 radical (unpaired) electrons. The number of carbonyl (C=O) groups is 1. The van der Waals surface area contributed by atoms with Crippen LogP contribution in [0.4, 0.5) is 10.1 Å². The van der Waals surface area contributed by atoms with Gasteiger partial charge in [0.15, 0.2) is 0 Å². The lowest BCUT2D eigenvalue weighted by molar-refractivity contribution is -0.143. The van der Waals surface area contributed by atoms with E-state index >= 15 is 0 Å². The standard InChI is InChI=1S/C17H17ClFN3O2/c18-14-10-13(19)3-4-15(14)21-6-8-22(9-7-21)16(17(23)24)12-2-1-5-20-11-12/h1-5,10-11,16H,6-9H2,(H,23,24). The smallest absolute Gasteiger partial charge is 0.325 e. The molecular weight excluding hydrogens is 333 g/mol. The highest BCUT2D eigenvalue weighted by Gasteiger charge is 2.30. The molecule has 0 bridgehead atoms. The van der Waals surface area contributed by atoms with Gasteiger partial charge in [-0.25, -0.2) is 4.39 Å². The van der Waals surface area contributed by atoms with Crippen molar-refractivity contribution in [2.45, 2.75) is 6.04 Å². The minimum absolute atomic E-state index is 0.366. The molecule has 1 aliphatic heterocycles. The zero-order valence-corrected chi connectivity index (χ0v) is 13.7. The molecule has 2 heterocycles. The molecule has 1 aromatic carbocycles. The highest BCUT2D eigenvalue weighted by molar-refractivity contribution is 6.33. The number of piperazine rings is 1. The number of anilines is 1. The van der Waals surface area contributed by atoms with Crippen LogP contribution >= 0.6 is 11.6 Å². The average molecular weight is 350 g/mol. The summed E-state index contributed by atoms with van der Waals surface area (Å²) in [5, 5.41) is 9.96. The van der Waals surface area contributed by atoms with Crippen LogP contribution in [0.15, 0.2) is 42.7 Å². The Labute approximate surface area is 144 Å². The molecule has 0 saturated carbocycles. The van der Waals surface area contributed by atoms with Crippen molar-refractivity contribution in [2.75, 3.05) is 31.1 Å². The SMILES string of the molecule is O=C(O)C(c1cccnc1)N1CCN(c2ccc(F)cc2Cl)CC1. The molecule has 0 amide bonds. The molecule has 1 aromatic heterocycles. The Balaban J connectivity index is 1.72. The number of nitrogens with zero attached hydrogens (tertiary/aromatic N) is 3. The quantitative estimate of drug-likeness (QED) is 0.919. The number of benzene rings is 1. The summed E-state index contributed by atoms with van der Waals surface area (Å²) in [6.45, 7) is 2.38. The van der Waals surface area contributed by atoms with Gasteiger partial charge in [-0.15, -0.1) is 0 Å². The number of carboxylic acid groups (broad SMARTS) is 1. The number of aliphatic carboxylic acids is 1. The summed E-state index contributed by atoms with van der Waals surface area (Å²) in [6, 6.07) is 7.12.